The average molecular weight is 611 g/mol. The third kappa shape index (κ3) is 8.16. The average Bonchev–Trinajstić information content (AvgIpc) is 3.05. The monoisotopic (exact) mass is 610 g/mol. The van der Waals surface area contributed by atoms with Crippen LogP contribution in [0.25, 0.3) is 11.1 Å². The van der Waals surface area contributed by atoms with Gasteiger partial charge in [-0.2, -0.15) is 0 Å². The fraction of sp³-hybridized carbons (Fsp3) is 0.324. The molecule has 0 saturated carbocycles. The van der Waals surface area contributed by atoms with Gasteiger partial charge in [0, 0.05) is 38.0 Å². The summed E-state index contributed by atoms with van der Waals surface area (Å²) in [7, 11) is 1.95. The van der Waals surface area contributed by atoms with Crippen molar-refractivity contribution in [3.8, 4) is 16.9 Å². The second-order valence-corrected chi connectivity index (χ2v) is 11.8. The molecule has 8 nitrogen and oxygen atoms in total. The van der Waals surface area contributed by atoms with E-state index in [4.69, 9.17) is 9.47 Å². The Bertz CT molecular complexity index is 1560. The van der Waals surface area contributed by atoms with Gasteiger partial charge in [0.2, 0.25) is 5.91 Å². The van der Waals surface area contributed by atoms with Crippen LogP contribution >= 0.6 is 0 Å². The van der Waals surface area contributed by atoms with Gasteiger partial charge in [0.25, 0.3) is 0 Å². The fourth-order valence-electron chi connectivity index (χ4n) is 5.84. The Kier molecular flexibility index (Phi) is 10.7. The van der Waals surface area contributed by atoms with E-state index in [1.165, 1.54) is 6.92 Å². The Morgan fingerprint density at radius 3 is 2.33 bits per heavy atom. The summed E-state index contributed by atoms with van der Waals surface area (Å²) >= 11 is 0. The van der Waals surface area contributed by atoms with Crippen molar-refractivity contribution in [2.75, 3.05) is 20.1 Å². The zero-order valence-electron chi connectivity index (χ0n) is 26.0. The molecule has 1 fully saturated rings. The maximum absolute atomic E-state index is 11.5. The number of nitrogens with zero attached hydrogens (tertiary/aromatic N) is 1. The third-order valence-electron chi connectivity index (χ3n) is 8.39. The number of ether oxygens (including phenoxy) is 2. The smallest absolute Gasteiger partial charge is 0.217 e. The van der Waals surface area contributed by atoms with E-state index < -0.39 is 12.4 Å². The summed E-state index contributed by atoms with van der Waals surface area (Å²) in [6.07, 6.45) is -1.87. The highest BCUT2D eigenvalue weighted by atomic mass is 16.7. The molecule has 45 heavy (non-hydrogen) atoms. The minimum Gasteiger partial charge on any atom is -0.508 e. The summed E-state index contributed by atoms with van der Waals surface area (Å²) in [5.74, 6) is 0.0350. The highest BCUT2D eigenvalue weighted by Crippen LogP contribution is 2.42. The van der Waals surface area contributed by atoms with E-state index >= 15 is 0 Å². The number of carbonyl (C=O) groups excluding carboxylic acids is 1. The number of hydrogen-bond donors (Lipinski definition) is 4. The quantitative estimate of drug-likeness (QED) is 0.174. The molecule has 4 aromatic carbocycles. The number of aliphatic hydroxyl groups is 2. The van der Waals surface area contributed by atoms with Crippen LogP contribution in [-0.4, -0.2) is 52.4 Å². The number of aliphatic hydroxyl groups excluding tert-OH is 2. The number of phenolic OH excluding ortho intramolecular Hbond substituents is 1. The minimum absolute atomic E-state index is 0.0125. The molecule has 5 atom stereocenters. The van der Waals surface area contributed by atoms with Gasteiger partial charge in [0.15, 0.2) is 6.29 Å². The molecule has 8 heteroatoms. The van der Waals surface area contributed by atoms with Crippen LogP contribution < -0.4 is 5.32 Å². The first kappa shape index (κ1) is 32.3. The second-order valence-electron chi connectivity index (χ2n) is 11.8. The van der Waals surface area contributed by atoms with Gasteiger partial charge in [0.05, 0.1) is 24.9 Å². The molecule has 4 aromatic rings. The van der Waals surface area contributed by atoms with E-state index in [9.17, 15) is 20.1 Å². The normalized spacial score (nSPS) is 20.6. The van der Waals surface area contributed by atoms with Gasteiger partial charge in [-0.05, 0) is 52.6 Å². The highest BCUT2D eigenvalue weighted by molar-refractivity contribution is 5.74. The number of carbonyl (C=O) groups is 1. The van der Waals surface area contributed by atoms with Gasteiger partial charge in [-0.1, -0.05) is 91.9 Å². The number of benzene rings is 4. The van der Waals surface area contributed by atoms with Gasteiger partial charge >= 0.3 is 0 Å². The summed E-state index contributed by atoms with van der Waals surface area (Å²) in [6, 6.07) is 30.6. The molecule has 0 spiro atoms. The van der Waals surface area contributed by atoms with Crippen molar-refractivity contribution in [2.45, 2.75) is 51.6 Å². The first-order valence-corrected chi connectivity index (χ1v) is 15.3. The fourth-order valence-corrected chi connectivity index (χ4v) is 5.84. The number of aromatic hydroxyl groups is 1. The van der Waals surface area contributed by atoms with Gasteiger partial charge in [-0.15, -0.1) is 0 Å². The summed E-state index contributed by atoms with van der Waals surface area (Å²) in [6.45, 7) is 4.97. The summed E-state index contributed by atoms with van der Waals surface area (Å²) in [5.41, 5.74) is 6.48. The molecule has 236 valence electrons. The SMILES string of the molecule is CC(=O)NCc1ccccc1-c1ccc(C2OC(CN(C)CC(O)c3cccc(O)c3)C(C)C(c3ccc(CO)cc3)O2)cc1. The maximum atomic E-state index is 11.5. The van der Waals surface area contributed by atoms with Crippen LogP contribution in [0.4, 0.5) is 0 Å². The van der Waals surface area contributed by atoms with Crippen LogP contribution in [0.2, 0.25) is 0 Å². The maximum Gasteiger partial charge on any atom is 0.217 e. The van der Waals surface area contributed by atoms with Crippen molar-refractivity contribution >= 4 is 5.91 Å². The Morgan fingerprint density at radius 2 is 1.64 bits per heavy atom. The number of likely N-dealkylation sites (N-methyl/N-ethyl adjacent to an activating group) is 1. The molecule has 0 aromatic heterocycles. The molecule has 0 aliphatic carbocycles. The van der Waals surface area contributed by atoms with Crippen molar-refractivity contribution in [3.05, 3.63) is 125 Å². The Hall–Kier alpha value is -4.05. The molecule has 5 unspecified atom stereocenters. The standard InChI is InChI=1S/C37H42N2O6/c1-24-35(22-39(3)21-34(43)30-8-6-9-32(42)19-30)44-37(45-36(24)28-13-11-26(23-40)12-14-28)29-17-15-27(16-18-29)33-10-5-4-7-31(33)20-38-25(2)41/h4-19,24,34-37,40,42-43H,20-23H2,1-3H3,(H,38,41). The van der Waals surface area contributed by atoms with E-state index in [1.54, 1.807) is 24.3 Å². The number of phenols is 1. The molecule has 1 aliphatic heterocycles. The zero-order valence-corrected chi connectivity index (χ0v) is 26.0. The van der Waals surface area contributed by atoms with Crippen molar-refractivity contribution < 1.29 is 29.6 Å². The third-order valence-corrected chi connectivity index (χ3v) is 8.39. The lowest BCUT2D eigenvalue weighted by molar-refractivity contribution is -0.276. The Labute approximate surface area is 264 Å². The molecular formula is C37H42N2O6. The van der Waals surface area contributed by atoms with Gasteiger partial charge in [0.1, 0.15) is 5.75 Å². The lowest BCUT2D eigenvalue weighted by Crippen LogP contribution is -2.44. The van der Waals surface area contributed by atoms with E-state index in [0.29, 0.717) is 25.2 Å². The molecule has 1 heterocycles. The molecule has 1 aliphatic rings. The number of rotatable bonds is 11. The highest BCUT2D eigenvalue weighted by Gasteiger charge is 2.39. The van der Waals surface area contributed by atoms with Gasteiger partial charge < -0.3 is 35.0 Å². The zero-order chi connectivity index (χ0) is 31.9. The summed E-state index contributed by atoms with van der Waals surface area (Å²) < 4.78 is 13.2. The van der Waals surface area contributed by atoms with E-state index in [1.807, 2.05) is 84.7 Å². The predicted octanol–water partition coefficient (Wildman–Crippen LogP) is 5.64. The van der Waals surface area contributed by atoms with Crippen LogP contribution in [0.5, 0.6) is 5.75 Å². The molecule has 0 radical (unpaired) electrons. The lowest BCUT2D eigenvalue weighted by atomic mass is 9.90. The summed E-state index contributed by atoms with van der Waals surface area (Å²) in [5, 5.41) is 33.2. The van der Waals surface area contributed by atoms with Crippen LogP contribution in [-0.2, 0) is 27.4 Å². The first-order valence-electron chi connectivity index (χ1n) is 15.3. The largest absolute Gasteiger partial charge is 0.508 e. The lowest BCUT2D eigenvalue weighted by Gasteiger charge is -2.42. The minimum atomic E-state index is -0.768. The number of hydrogen-bond acceptors (Lipinski definition) is 7. The van der Waals surface area contributed by atoms with Gasteiger partial charge in [-0.25, -0.2) is 0 Å². The van der Waals surface area contributed by atoms with E-state index in [-0.39, 0.29) is 36.4 Å². The molecule has 1 amide bonds. The van der Waals surface area contributed by atoms with Crippen molar-refractivity contribution in [1.82, 2.24) is 10.2 Å². The molecule has 1 saturated heterocycles. The molecule has 4 N–H and O–H groups in total. The van der Waals surface area contributed by atoms with Crippen molar-refractivity contribution in [3.63, 3.8) is 0 Å². The number of nitrogens with one attached hydrogen (secondary N) is 1. The molecule has 5 rings (SSSR count). The van der Waals surface area contributed by atoms with Crippen LogP contribution in [0.15, 0.2) is 97.1 Å². The van der Waals surface area contributed by atoms with Crippen LogP contribution in [0, 0.1) is 5.92 Å². The predicted molar refractivity (Wildman–Crippen MR) is 173 cm³/mol. The Morgan fingerprint density at radius 1 is 0.933 bits per heavy atom. The second kappa shape index (κ2) is 14.8. The topological polar surface area (TPSA) is 111 Å². The summed E-state index contributed by atoms with van der Waals surface area (Å²) in [4.78, 5) is 13.6. The van der Waals surface area contributed by atoms with Gasteiger partial charge in [-0.3, -0.25) is 4.79 Å². The first-order chi connectivity index (χ1) is 21.7. The number of amides is 1. The molecule has 0 bridgehead atoms. The van der Waals surface area contributed by atoms with Crippen molar-refractivity contribution in [1.29, 1.82) is 0 Å². The van der Waals surface area contributed by atoms with E-state index in [2.05, 4.69) is 12.2 Å². The Balaban J connectivity index is 1.37. The molecular weight excluding hydrogens is 568 g/mol. The van der Waals surface area contributed by atoms with Crippen molar-refractivity contribution in [2.24, 2.45) is 5.92 Å². The van der Waals surface area contributed by atoms with Crippen LogP contribution in [0.1, 0.15) is 60.2 Å². The van der Waals surface area contributed by atoms with Crippen LogP contribution in [0.3, 0.4) is 0 Å². The van der Waals surface area contributed by atoms with E-state index in [0.717, 1.165) is 33.4 Å².